The highest BCUT2D eigenvalue weighted by Crippen LogP contribution is 2.17. The van der Waals surface area contributed by atoms with E-state index in [4.69, 9.17) is 5.73 Å². The number of nitrogens with one attached hydrogen (secondary N) is 1. The number of aryl methyl sites for hydroxylation is 1. The summed E-state index contributed by atoms with van der Waals surface area (Å²) in [5.41, 5.74) is 7.54. The number of benzene rings is 1. The Bertz CT molecular complexity index is 393. The van der Waals surface area contributed by atoms with Crippen molar-refractivity contribution in [3.8, 4) is 0 Å². The Labute approximate surface area is 123 Å². The summed E-state index contributed by atoms with van der Waals surface area (Å²) in [4.78, 5) is 11.7. The number of unbranched alkanes of at least 4 members (excludes halogenated alkanes) is 3. The Morgan fingerprint density at radius 1 is 1.28 bits per heavy atom. The molecule has 4 heteroatoms. The molecular formula is C14H21IN2O. The molecule has 0 fully saturated rings. The topological polar surface area (TPSA) is 55.1 Å². The van der Waals surface area contributed by atoms with Gasteiger partial charge in [0.1, 0.15) is 0 Å². The fourth-order valence-corrected chi connectivity index (χ4v) is 2.19. The highest BCUT2D eigenvalue weighted by Gasteiger charge is 2.03. The minimum Gasteiger partial charge on any atom is -0.330 e. The van der Waals surface area contributed by atoms with Gasteiger partial charge in [0.05, 0.1) is 0 Å². The van der Waals surface area contributed by atoms with Crippen LogP contribution in [-0.4, -0.2) is 12.5 Å². The van der Waals surface area contributed by atoms with Gasteiger partial charge in [0, 0.05) is 15.7 Å². The van der Waals surface area contributed by atoms with E-state index in [-0.39, 0.29) is 5.91 Å². The maximum absolute atomic E-state index is 11.7. The number of anilines is 1. The van der Waals surface area contributed by atoms with Gasteiger partial charge in [-0.3, -0.25) is 4.79 Å². The van der Waals surface area contributed by atoms with E-state index in [1.165, 1.54) is 9.13 Å². The van der Waals surface area contributed by atoms with Gasteiger partial charge in [-0.1, -0.05) is 18.9 Å². The second-order valence-electron chi connectivity index (χ2n) is 4.47. The summed E-state index contributed by atoms with van der Waals surface area (Å²) >= 11 is 2.28. The number of amides is 1. The van der Waals surface area contributed by atoms with Gasteiger partial charge in [-0.2, -0.15) is 0 Å². The van der Waals surface area contributed by atoms with Gasteiger partial charge in [-0.15, -0.1) is 0 Å². The molecule has 3 nitrogen and oxygen atoms in total. The van der Waals surface area contributed by atoms with E-state index in [1.54, 1.807) is 0 Å². The van der Waals surface area contributed by atoms with Gasteiger partial charge in [0.25, 0.3) is 0 Å². The fourth-order valence-electron chi connectivity index (χ4n) is 1.68. The zero-order valence-corrected chi connectivity index (χ0v) is 13.0. The first-order valence-corrected chi connectivity index (χ1v) is 7.47. The number of nitrogens with two attached hydrogens (primary N) is 1. The van der Waals surface area contributed by atoms with Gasteiger partial charge in [-0.05, 0) is 66.6 Å². The van der Waals surface area contributed by atoms with E-state index >= 15 is 0 Å². The van der Waals surface area contributed by atoms with Crippen LogP contribution in [0.15, 0.2) is 18.2 Å². The van der Waals surface area contributed by atoms with Crippen molar-refractivity contribution in [2.75, 3.05) is 11.9 Å². The summed E-state index contributed by atoms with van der Waals surface area (Å²) in [6, 6.07) is 5.98. The number of halogens is 1. The Morgan fingerprint density at radius 3 is 2.67 bits per heavy atom. The molecule has 0 aliphatic heterocycles. The van der Waals surface area contributed by atoms with Crippen LogP contribution in [0.2, 0.25) is 0 Å². The summed E-state index contributed by atoms with van der Waals surface area (Å²) in [5.74, 6) is 0.0994. The predicted molar refractivity (Wildman–Crippen MR) is 84.7 cm³/mol. The molecule has 100 valence electrons. The van der Waals surface area contributed by atoms with Crippen LogP contribution < -0.4 is 11.1 Å². The highest BCUT2D eigenvalue weighted by molar-refractivity contribution is 14.1. The van der Waals surface area contributed by atoms with Crippen LogP contribution in [0.1, 0.15) is 37.7 Å². The zero-order chi connectivity index (χ0) is 13.4. The average Bonchev–Trinajstić information content (AvgIpc) is 2.34. The lowest BCUT2D eigenvalue weighted by atomic mass is 10.1. The van der Waals surface area contributed by atoms with Crippen LogP contribution in [0.5, 0.6) is 0 Å². The molecule has 0 heterocycles. The standard InChI is InChI=1S/C14H21IN2O/c1-11-7-8-12(10-13(11)15)17-14(18)6-4-2-3-5-9-16/h7-8,10H,2-6,9,16H2,1H3,(H,17,18). The quantitative estimate of drug-likeness (QED) is 0.578. The Hall–Kier alpha value is -0.620. The normalized spacial score (nSPS) is 10.4. The van der Waals surface area contributed by atoms with Crippen LogP contribution in [0.4, 0.5) is 5.69 Å². The van der Waals surface area contributed by atoms with E-state index < -0.39 is 0 Å². The van der Waals surface area contributed by atoms with Crippen LogP contribution in [0.25, 0.3) is 0 Å². The van der Waals surface area contributed by atoms with Crippen LogP contribution in [0, 0.1) is 10.5 Å². The van der Waals surface area contributed by atoms with Crippen molar-refractivity contribution in [2.45, 2.75) is 39.0 Å². The number of carbonyl (C=O) groups is 1. The molecule has 1 aromatic carbocycles. The third kappa shape index (κ3) is 5.82. The lowest BCUT2D eigenvalue weighted by Crippen LogP contribution is -2.11. The van der Waals surface area contributed by atoms with Crippen LogP contribution >= 0.6 is 22.6 Å². The number of hydrogen-bond acceptors (Lipinski definition) is 2. The molecule has 0 saturated heterocycles. The molecule has 3 N–H and O–H groups in total. The van der Waals surface area contributed by atoms with Crippen molar-refractivity contribution in [3.63, 3.8) is 0 Å². The minimum atomic E-state index is 0.0994. The first-order valence-electron chi connectivity index (χ1n) is 6.39. The maximum atomic E-state index is 11.7. The molecule has 1 rings (SSSR count). The third-order valence-corrected chi connectivity index (χ3v) is 3.98. The first kappa shape index (κ1) is 15.4. The second kappa shape index (κ2) is 8.48. The minimum absolute atomic E-state index is 0.0994. The zero-order valence-electron chi connectivity index (χ0n) is 10.8. The number of hydrogen-bond donors (Lipinski definition) is 2. The molecule has 0 spiro atoms. The summed E-state index contributed by atoms with van der Waals surface area (Å²) in [6.07, 6.45) is 4.78. The molecule has 18 heavy (non-hydrogen) atoms. The Kier molecular flexibility index (Phi) is 7.27. The molecule has 0 unspecified atom stereocenters. The Morgan fingerprint density at radius 2 is 2.00 bits per heavy atom. The second-order valence-corrected chi connectivity index (χ2v) is 5.63. The number of rotatable bonds is 7. The van der Waals surface area contributed by atoms with Crippen molar-refractivity contribution in [1.82, 2.24) is 0 Å². The van der Waals surface area contributed by atoms with Crippen molar-refractivity contribution in [1.29, 1.82) is 0 Å². The van der Waals surface area contributed by atoms with Gasteiger partial charge < -0.3 is 11.1 Å². The molecule has 0 aromatic heterocycles. The van der Waals surface area contributed by atoms with E-state index in [1.807, 2.05) is 18.2 Å². The molecule has 0 aliphatic rings. The van der Waals surface area contributed by atoms with Gasteiger partial charge in [0.15, 0.2) is 0 Å². The van der Waals surface area contributed by atoms with E-state index in [9.17, 15) is 4.79 Å². The fraction of sp³-hybridized carbons (Fsp3) is 0.500. The predicted octanol–water partition coefficient (Wildman–Crippen LogP) is 3.45. The third-order valence-electron chi connectivity index (χ3n) is 2.81. The van der Waals surface area contributed by atoms with Crippen molar-refractivity contribution in [2.24, 2.45) is 5.73 Å². The molecular weight excluding hydrogens is 339 g/mol. The summed E-state index contributed by atoms with van der Waals surface area (Å²) < 4.78 is 1.17. The molecule has 0 saturated carbocycles. The highest BCUT2D eigenvalue weighted by atomic mass is 127. The summed E-state index contributed by atoms with van der Waals surface area (Å²) in [7, 11) is 0. The van der Waals surface area contributed by atoms with E-state index in [0.717, 1.165) is 37.9 Å². The SMILES string of the molecule is Cc1ccc(NC(=O)CCCCCCN)cc1I. The molecule has 0 aliphatic carbocycles. The van der Waals surface area contributed by atoms with Crippen molar-refractivity contribution in [3.05, 3.63) is 27.3 Å². The summed E-state index contributed by atoms with van der Waals surface area (Å²) in [5, 5.41) is 2.93. The summed E-state index contributed by atoms with van der Waals surface area (Å²) in [6.45, 7) is 2.80. The van der Waals surface area contributed by atoms with Crippen molar-refractivity contribution < 1.29 is 4.79 Å². The Balaban J connectivity index is 2.29. The number of carbonyl (C=O) groups excluding carboxylic acids is 1. The largest absolute Gasteiger partial charge is 0.330 e. The molecule has 1 aromatic rings. The lowest BCUT2D eigenvalue weighted by molar-refractivity contribution is -0.116. The molecule has 0 radical (unpaired) electrons. The van der Waals surface area contributed by atoms with Crippen LogP contribution in [-0.2, 0) is 4.79 Å². The molecule has 0 bridgehead atoms. The van der Waals surface area contributed by atoms with E-state index in [2.05, 4.69) is 34.8 Å². The van der Waals surface area contributed by atoms with Gasteiger partial charge in [0.2, 0.25) is 5.91 Å². The smallest absolute Gasteiger partial charge is 0.224 e. The van der Waals surface area contributed by atoms with Crippen molar-refractivity contribution >= 4 is 34.2 Å². The monoisotopic (exact) mass is 360 g/mol. The molecule has 0 atom stereocenters. The van der Waals surface area contributed by atoms with Gasteiger partial charge >= 0.3 is 0 Å². The first-order chi connectivity index (χ1) is 8.63. The van der Waals surface area contributed by atoms with Gasteiger partial charge in [-0.25, -0.2) is 0 Å². The van der Waals surface area contributed by atoms with Crippen LogP contribution in [0.3, 0.4) is 0 Å². The van der Waals surface area contributed by atoms with E-state index in [0.29, 0.717) is 6.42 Å². The average molecular weight is 360 g/mol. The molecule has 1 amide bonds. The lowest BCUT2D eigenvalue weighted by Gasteiger charge is -2.07. The maximum Gasteiger partial charge on any atom is 0.224 e.